The van der Waals surface area contributed by atoms with Gasteiger partial charge in [0.15, 0.2) is 0 Å². The number of carbonyl (C=O) groups is 3. The molecule has 0 aromatic heterocycles. The van der Waals surface area contributed by atoms with Crippen LogP contribution in [0.5, 0.6) is 0 Å². The van der Waals surface area contributed by atoms with E-state index in [0.29, 0.717) is 39.1 Å². The number of hydrogen-bond donors (Lipinski definition) is 1. The van der Waals surface area contributed by atoms with Crippen molar-refractivity contribution in [3.05, 3.63) is 0 Å². The van der Waals surface area contributed by atoms with Crippen LogP contribution in [0.3, 0.4) is 0 Å². The smallest absolute Gasteiger partial charge is 0.325 e. The average molecular weight is 327 g/mol. The second-order valence-corrected chi connectivity index (χ2v) is 5.90. The van der Waals surface area contributed by atoms with E-state index in [-0.39, 0.29) is 24.5 Å². The van der Waals surface area contributed by atoms with Crippen molar-refractivity contribution < 1.29 is 23.9 Å². The summed E-state index contributed by atoms with van der Waals surface area (Å²) in [7, 11) is 1.58. The molecular weight excluding hydrogens is 302 g/mol. The summed E-state index contributed by atoms with van der Waals surface area (Å²) >= 11 is 0. The third kappa shape index (κ3) is 3.48. The third-order valence-electron chi connectivity index (χ3n) is 4.59. The van der Waals surface area contributed by atoms with E-state index in [0.717, 1.165) is 4.90 Å². The Morgan fingerprint density at radius 2 is 2.09 bits per heavy atom. The summed E-state index contributed by atoms with van der Waals surface area (Å²) in [5.74, 6) is -0.566. The summed E-state index contributed by atoms with van der Waals surface area (Å²) in [6, 6.07) is -0.492. The van der Waals surface area contributed by atoms with Crippen LogP contribution in [0.2, 0.25) is 0 Å². The van der Waals surface area contributed by atoms with Crippen LogP contribution in [0, 0.1) is 0 Å². The maximum Gasteiger partial charge on any atom is 0.325 e. The molecule has 130 valence electrons. The van der Waals surface area contributed by atoms with Gasteiger partial charge in [0.25, 0.3) is 5.91 Å². The van der Waals surface area contributed by atoms with E-state index >= 15 is 0 Å². The van der Waals surface area contributed by atoms with Gasteiger partial charge in [0.2, 0.25) is 5.91 Å². The molecule has 0 bridgehead atoms. The van der Waals surface area contributed by atoms with Crippen LogP contribution in [0.4, 0.5) is 4.79 Å². The molecule has 0 aromatic rings. The van der Waals surface area contributed by atoms with Gasteiger partial charge in [-0.15, -0.1) is 0 Å². The van der Waals surface area contributed by atoms with Gasteiger partial charge in [-0.2, -0.15) is 0 Å². The second kappa shape index (κ2) is 7.27. The van der Waals surface area contributed by atoms with Crippen LogP contribution in [0.25, 0.3) is 0 Å². The zero-order valence-corrected chi connectivity index (χ0v) is 14.0. The van der Waals surface area contributed by atoms with Crippen molar-refractivity contribution in [2.24, 2.45) is 0 Å². The Bertz CT molecular complexity index is 476. The Balaban J connectivity index is 2.00. The molecule has 0 aliphatic carbocycles. The van der Waals surface area contributed by atoms with E-state index in [1.165, 1.54) is 0 Å². The summed E-state index contributed by atoms with van der Waals surface area (Å²) in [6.07, 6.45) is 0.838. The number of urea groups is 1. The summed E-state index contributed by atoms with van der Waals surface area (Å²) in [4.78, 5) is 39.7. The Hall–Kier alpha value is -1.67. The SMILES string of the molecule is CCC1(CC)NC(=O)N(CC(=O)N2CCOC(COC)C2)C1=O. The van der Waals surface area contributed by atoms with Crippen LogP contribution in [-0.4, -0.2) is 79.2 Å². The zero-order chi connectivity index (χ0) is 17.0. The first kappa shape index (κ1) is 17.7. The molecule has 2 rings (SSSR count). The van der Waals surface area contributed by atoms with Crippen LogP contribution < -0.4 is 5.32 Å². The minimum atomic E-state index is -0.874. The molecule has 1 unspecified atom stereocenters. The standard InChI is InChI=1S/C15H25N3O5/c1-4-15(5-2)13(20)18(14(21)16-15)9-12(19)17-6-7-23-11(8-17)10-22-3/h11H,4-10H2,1-3H3,(H,16,21). The highest BCUT2D eigenvalue weighted by atomic mass is 16.5. The number of ether oxygens (including phenoxy) is 2. The first-order valence-corrected chi connectivity index (χ1v) is 7.99. The van der Waals surface area contributed by atoms with Gasteiger partial charge in [-0.3, -0.25) is 14.5 Å². The van der Waals surface area contributed by atoms with Crippen molar-refractivity contribution in [2.75, 3.05) is 40.0 Å². The third-order valence-corrected chi connectivity index (χ3v) is 4.59. The summed E-state index contributed by atoms with van der Waals surface area (Å²) in [5.41, 5.74) is -0.874. The normalized spacial score (nSPS) is 24.0. The largest absolute Gasteiger partial charge is 0.382 e. The predicted octanol–water partition coefficient (Wildman–Crippen LogP) is -0.0292. The monoisotopic (exact) mass is 327 g/mol. The summed E-state index contributed by atoms with van der Waals surface area (Å²) in [5, 5.41) is 2.73. The summed E-state index contributed by atoms with van der Waals surface area (Å²) < 4.78 is 10.5. The number of carbonyl (C=O) groups excluding carboxylic acids is 3. The van der Waals surface area contributed by atoms with E-state index in [1.54, 1.807) is 12.0 Å². The van der Waals surface area contributed by atoms with Gasteiger partial charge in [-0.05, 0) is 12.8 Å². The van der Waals surface area contributed by atoms with Crippen LogP contribution >= 0.6 is 0 Å². The fourth-order valence-electron chi connectivity index (χ4n) is 3.02. The number of rotatable bonds is 6. The molecule has 1 atom stereocenters. The first-order chi connectivity index (χ1) is 11.0. The van der Waals surface area contributed by atoms with Gasteiger partial charge < -0.3 is 19.7 Å². The molecule has 2 saturated heterocycles. The minimum Gasteiger partial charge on any atom is -0.382 e. The lowest BCUT2D eigenvalue weighted by Gasteiger charge is -2.33. The highest BCUT2D eigenvalue weighted by Gasteiger charge is 2.49. The molecule has 23 heavy (non-hydrogen) atoms. The van der Waals surface area contributed by atoms with Crippen LogP contribution in [0.1, 0.15) is 26.7 Å². The molecule has 8 heteroatoms. The molecule has 8 nitrogen and oxygen atoms in total. The quantitative estimate of drug-likeness (QED) is 0.692. The van der Waals surface area contributed by atoms with E-state index in [9.17, 15) is 14.4 Å². The van der Waals surface area contributed by atoms with Crippen LogP contribution in [-0.2, 0) is 19.1 Å². The van der Waals surface area contributed by atoms with E-state index in [2.05, 4.69) is 5.32 Å². The Morgan fingerprint density at radius 1 is 1.39 bits per heavy atom. The molecular formula is C15H25N3O5. The number of amides is 4. The van der Waals surface area contributed by atoms with Crippen LogP contribution in [0.15, 0.2) is 0 Å². The van der Waals surface area contributed by atoms with E-state index < -0.39 is 11.6 Å². The number of morpholine rings is 1. The molecule has 2 aliphatic rings. The fraction of sp³-hybridized carbons (Fsp3) is 0.800. The number of imide groups is 1. The van der Waals surface area contributed by atoms with E-state index in [1.807, 2.05) is 13.8 Å². The summed E-state index contributed by atoms with van der Waals surface area (Å²) in [6.45, 7) is 5.16. The number of nitrogens with one attached hydrogen (secondary N) is 1. The molecule has 2 heterocycles. The van der Waals surface area contributed by atoms with Gasteiger partial charge in [-0.25, -0.2) is 4.79 Å². The molecule has 0 spiro atoms. The van der Waals surface area contributed by atoms with Gasteiger partial charge in [0.05, 0.1) is 19.3 Å². The molecule has 0 aromatic carbocycles. The maximum atomic E-state index is 12.5. The average Bonchev–Trinajstić information content (AvgIpc) is 2.80. The lowest BCUT2D eigenvalue weighted by atomic mass is 9.93. The van der Waals surface area contributed by atoms with E-state index in [4.69, 9.17) is 9.47 Å². The number of hydrogen-bond acceptors (Lipinski definition) is 5. The topological polar surface area (TPSA) is 88.2 Å². The fourth-order valence-corrected chi connectivity index (χ4v) is 3.02. The highest BCUT2D eigenvalue weighted by Crippen LogP contribution is 2.24. The zero-order valence-electron chi connectivity index (χ0n) is 14.0. The number of methoxy groups -OCH3 is 1. The molecule has 4 amide bonds. The van der Waals surface area contributed by atoms with Gasteiger partial charge >= 0.3 is 6.03 Å². The second-order valence-electron chi connectivity index (χ2n) is 5.90. The van der Waals surface area contributed by atoms with Gasteiger partial charge in [0, 0.05) is 20.2 Å². The molecule has 2 aliphatic heterocycles. The Labute approximate surface area is 136 Å². The predicted molar refractivity (Wildman–Crippen MR) is 81.8 cm³/mol. The molecule has 0 saturated carbocycles. The van der Waals surface area contributed by atoms with Crippen molar-refractivity contribution in [2.45, 2.75) is 38.3 Å². The molecule has 1 N–H and O–H groups in total. The van der Waals surface area contributed by atoms with Crippen molar-refractivity contribution in [3.8, 4) is 0 Å². The lowest BCUT2D eigenvalue weighted by Crippen LogP contribution is -2.51. The van der Waals surface area contributed by atoms with Crippen molar-refractivity contribution >= 4 is 17.8 Å². The van der Waals surface area contributed by atoms with Gasteiger partial charge in [-0.1, -0.05) is 13.8 Å². The van der Waals surface area contributed by atoms with Crippen molar-refractivity contribution in [1.29, 1.82) is 0 Å². The first-order valence-electron chi connectivity index (χ1n) is 7.99. The van der Waals surface area contributed by atoms with Crippen molar-refractivity contribution in [1.82, 2.24) is 15.1 Å². The molecule has 0 radical (unpaired) electrons. The number of nitrogens with zero attached hydrogens (tertiary/aromatic N) is 2. The molecule has 2 fully saturated rings. The lowest BCUT2D eigenvalue weighted by molar-refractivity contribution is -0.145. The minimum absolute atomic E-state index is 0.175. The Morgan fingerprint density at radius 3 is 2.65 bits per heavy atom. The van der Waals surface area contributed by atoms with Crippen molar-refractivity contribution in [3.63, 3.8) is 0 Å². The van der Waals surface area contributed by atoms with Gasteiger partial charge in [0.1, 0.15) is 12.1 Å². The Kier molecular flexibility index (Phi) is 5.59. The maximum absolute atomic E-state index is 12.5. The highest BCUT2D eigenvalue weighted by molar-refractivity contribution is 6.08.